The van der Waals surface area contributed by atoms with Gasteiger partial charge in [0.1, 0.15) is 6.54 Å². The van der Waals surface area contributed by atoms with Gasteiger partial charge in [-0.1, -0.05) is 6.42 Å². The number of urea groups is 1. The van der Waals surface area contributed by atoms with Crippen molar-refractivity contribution in [3.63, 3.8) is 0 Å². The smallest absolute Gasteiger partial charge is 0.323 e. The molecular weight excluding hydrogens is 228 g/mol. The van der Waals surface area contributed by atoms with Gasteiger partial charge in [-0.2, -0.15) is 11.8 Å². The Hall–Kier alpha value is -0.910. The van der Waals surface area contributed by atoms with E-state index in [1.165, 1.54) is 11.9 Å². The molecule has 0 bridgehead atoms. The van der Waals surface area contributed by atoms with Gasteiger partial charge in [-0.15, -0.1) is 0 Å². The van der Waals surface area contributed by atoms with E-state index in [-0.39, 0.29) is 18.6 Å². The number of amides is 2. The highest BCUT2D eigenvalue weighted by molar-refractivity contribution is 7.99. The van der Waals surface area contributed by atoms with Crippen molar-refractivity contribution in [3.8, 4) is 0 Å². The monoisotopic (exact) mass is 246 g/mol. The van der Waals surface area contributed by atoms with Gasteiger partial charge in [0, 0.05) is 18.3 Å². The van der Waals surface area contributed by atoms with E-state index in [9.17, 15) is 9.59 Å². The summed E-state index contributed by atoms with van der Waals surface area (Å²) in [5.74, 6) is -0.995. The third-order valence-corrected chi connectivity index (χ3v) is 3.95. The van der Waals surface area contributed by atoms with Crippen LogP contribution in [0.15, 0.2) is 0 Å². The van der Waals surface area contributed by atoms with Crippen molar-refractivity contribution >= 4 is 23.8 Å². The fourth-order valence-corrected chi connectivity index (χ4v) is 2.85. The molecule has 0 spiro atoms. The fraction of sp³-hybridized carbons (Fsp3) is 0.800. The maximum absolute atomic E-state index is 11.6. The highest BCUT2D eigenvalue weighted by Crippen LogP contribution is 2.28. The Labute approximate surface area is 99.6 Å². The molecule has 2 unspecified atom stereocenters. The summed E-state index contributed by atoms with van der Waals surface area (Å²) in [4.78, 5) is 23.3. The minimum absolute atomic E-state index is 0.179. The number of carbonyl (C=O) groups excluding carboxylic acids is 1. The Kier molecular flexibility index (Phi) is 4.92. The molecule has 0 aromatic carbocycles. The molecule has 0 heterocycles. The molecule has 1 rings (SSSR count). The lowest BCUT2D eigenvalue weighted by molar-refractivity contribution is -0.137. The van der Waals surface area contributed by atoms with E-state index >= 15 is 0 Å². The Morgan fingerprint density at radius 2 is 2.19 bits per heavy atom. The van der Waals surface area contributed by atoms with Crippen LogP contribution < -0.4 is 5.32 Å². The molecule has 16 heavy (non-hydrogen) atoms. The number of nitrogens with zero attached hydrogens (tertiary/aromatic N) is 1. The standard InChI is InChI=1S/C10H18N2O3S/c1-12(6-9(13)14)10(15)11-7-4-3-5-8(7)16-2/h7-8H,3-6H2,1-2H3,(H,11,15)(H,13,14). The number of carboxylic acids is 1. The number of carbonyl (C=O) groups is 2. The van der Waals surface area contributed by atoms with E-state index in [1.54, 1.807) is 11.8 Å². The van der Waals surface area contributed by atoms with Crippen molar-refractivity contribution < 1.29 is 14.7 Å². The summed E-state index contributed by atoms with van der Waals surface area (Å²) >= 11 is 1.76. The molecule has 1 saturated carbocycles. The highest BCUT2D eigenvalue weighted by atomic mass is 32.2. The molecular formula is C10H18N2O3S. The first-order valence-electron chi connectivity index (χ1n) is 5.30. The number of hydrogen-bond donors (Lipinski definition) is 2. The summed E-state index contributed by atoms with van der Waals surface area (Å²) in [6.45, 7) is -0.261. The molecule has 0 aromatic heterocycles. The first-order chi connectivity index (χ1) is 7.54. The highest BCUT2D eigenvalue weighted by Gasteiger charge is 2.28. The molecule has 2 N–H and O–H groups in total. The number of nitrogens with one attached hydrogen (secondary N) is 1. The third kappa shape index (κ3) is 3.59. The van der Waals surface area contributed by atoms with E-state index in [0.29, 0.717) is 5.25 Å². The average molecular weight is 246 g/mol. The van der Waals surface area contributed by atoms with Gasteiger partial charge in [0.15, 0.2) is 0 Å². The first kappa shape index (κ1) is 13.2. The van der Waals surface area contributed by atoms with Crippen LogP contribution in [-0.2, 0) is 4.79 Å². The Morgan fingerprint density at radius 3 is 2.75 bits per heavy atom. The van der Waals surface area contributed by atoms with Crippen molar-refractivity contribution in [2.24, 2.45) is 0 Å². The van der Waals surface area contributed by atoms with Crippen LogP contribution in [0.3, 0.4) is 0 Å². The van der Waals surface area contributed by atoms with Gasteiger partial charge in [-0.3, -0.25) is 4.79 Å². The predicted octanol–water partition coefficient (Wildman–Crippen LogP) is 0.997. The molecule has 2 atom stereocenters. The van der Waals surface area contributed by atoms with Gasteiger partial charge in [0.25, 0.3) is 0 Å². The van der Waals surface area contributed by atoms with Crippen LogP contribution in [0.5, 0.6) is 0 Å². The lowest BCUT2D eigenvalue weighted by Crippen LogP contribution is -2.46. The fourth-order valence-electron chi connectivity index (χ4n) is 1.92. The summed E-state index contributed by atoms with van der Waals surface area (Å²) in [6.07, 6.45) is 5.27. The number of likely N-dealkylation sites (N-methyl/N-ethyl adjacent to an activating group) is 1. The lowest BCUT2D eigenvalue weighted by atomic mass is 10.2. The van der Waals surface area contributed by atoms with Crippen molar-refractivity contribution in [2.75, 3.05) is 19.8 Å². The van der Waals surface area contributed by atoms with Gasteiger partial charge in [0.2, 0.25) is 0 Å². The quantitative estimate of drug-likeness (QED) is 0.776. The number of thioether (sulfide) groups is 1. The topological polar surface area (TPSA) is 69.6 Å². The second kappa shape index (κ2) is 5.98. The van der Waals surface area contributed by atoms with Crippen molar-refractivity contribution in [1.29, 1.82) is 0 Å². The molecule has 1 fully saturated rings. The van der Waals surface area contributed by atoms with E-state index in [1.807, 2.05) is 6.26 Å². The second-order valence-electron chi connectivity index (χ2n) is 4.01. The molecule has 0 aliphatic heterocycles. The second-order valence-corrected chi connectivity index (χ2v) is 5.09. The van der Waals surface area contributed by atoms with Gasteiger partial charge in [-0.25, -0.2) is 4.79 Å². The Bertz CT molecular complexity index is 273. The minimum atomic E-state index is -0.995. The summed E-state index contributed by atoms with van der Waals surface area (Å²) in [6, 6.07) is -0.118. The van der Waals surface area contributed by atoms with Gasteiger partial charge in [-0.05, 0) is 19.1 Å². The zero-order valence-electron chi connectivity index (χ0n) is 9.60. The van der Waals surface area contributed by atoms with Crippen LogP contribution in [0.4, 0.5) is 4.79 Å². The van der Waals surface area contributed by atoms with Crippen molar-refractivity contribution in [3.05, 3.63) is 0 Å². The maximum atomic E-state index is 11.6. The molecule has 0 radical (unpaired) electrons. The molecule has 92 valence electrons. The van der Waals surface area contributed by atoms with Gasteiger partial charge < -0.3 is 15.3 Å². The molecule has 5 nitrogen and oxygen atoms in total. The van der Waals surface area contributed by atoms with Crippen LogP contribution in [0.1, 0.15) is 19.3 Å². The van der Waals surface area contributed by atoms with Gasteiger partial charge in [0.05, 0.1) is 0 Å². The van der Waals surface area contributed by atoms with Gasteiger partial charge >= 0.3 is 12.0 Å². The molecule has 0 saturated heterocycles. The van der Waals surface area contributed by atoms with E-state index < -0.39 is 5.97 Å². The average Bonchev–Trinajstić information content (AvgIpc) is 2.64. The summed E-state index contributed by atoms with van der Waals surface area (Å²) < 4.78 is 0. The summed E-state index contributed by atoms with van der Waals surface area (Å²) in [5, 5.41) is 11.9. The Balaban J connectivity index is 2.41. The lowest BCUT2D eigenvalue weighted by Gasteiger charge is -2.23. The normalized spacial score (nSPS) is 24.1. The van der Waals surface area contributed by atoms with E-state index in [0.717, 1.165) is 19.3 Å². The largest absolute Gasteiger partial charge is 0.480 e. The van der Waals surface area contributed by atoms with Crippen LogP contribution >= 0.6 is 11.8 Å². The van der Waals surface area contributed by atoms with E-state index in [2.05, 4.69) is 5.32 Å². The van der Waals surface area contributed by atoms with E-state index in [4.69, 9.17) is 5.11 Å². The number of hydrogen-bond acceptors (Lipinski definition) is 3. The van der Waals surface area contributed by atoms with Crippen molar-refractivity contribution in [2.45, 2.75) is 30.6 Å². The summed E-state index contributed by atoms with van der Waals surface area (Å²) in [5.41, 5.74) is 0. The van der Waals surface area contributed by atoms with Crippen LogP contribution in [-0.4, -0.2) is 53.1 Å². The zero-order valence-corrected chi connectivity index (χ0v) is 10.4. The van der Waals surface area contributed by atoms with Crippen LogP contribution in [0, 0.1) is 0 Å². The summed E-state index contributed by atoms with van der Waals surface area (Å²) in [7, 11) is 1.49. The maximum Gasteiger partial charge on any atom is 0.323 e. The minimum Gasteiger partial charge on any atom is -0.480 e. The SMILES string of the molecule is CSC1CCCC1NC(=O)N(C)CC(=O)O. The third-order valence-electron chi connectivity index (χ3n) is 2.78. The molecule has 1 aliphatic carbocycles. The Morgan fingerprint density at radius 1 is 1.50 bits per heavy atom. The van der Waals surface area contributed by atoms with Crippen molar-refractivity contribution in [1.82, 2.24) is 10.2 Å². The molecule has 1 aliphatic rings. The predicted molar refractivity (Wildman–Crippen MR) is 63.7 cm³/mol. The van der Waals surface area contributed by atoms with Crippen LogP contribution in [0.2, 0.25) is 0 Å². The number of rotatable bonds is 4. The number of carboxylic acid groups (broad SMARTS) is 1. The number of aliphatic carboxylic acids is 1. The molecule has 6 heteroatoms. The van der Waals surface area contributed by atoms with Crippen LogP contribution in [0.25, 0.3) is 0 Å². The zero-order chi connectivity index (χ0) is 12.1. The molecule has 2 amide bonds. The molecule has 0 aromatic rings. The first-order valence-corrected chi connectivity index (χ1v) is 6.59.